The molecule has 0 radical (unpaired) electrons. The third kappa shape index (κ3) is 2.12. The van der Waals surface area contributed by atoms with Gasteiger partial charge in [-0.1, -0.05) is 0 Å². The first kappa shape index (κ1) is 10.4. The van der Waals surface area contributed by atoms with Crippen molar-refractivity contribution in [3.05, 3.63) is 0 Å². The molecule has 1 atom stereocenters. The van der Waals surface area contributed by atoms with E-state index < -0.39 is 0 Å². The van der Waals surface area contributed by atoms with E-state index in [2.05, 4.69) is 0 Å². The van der Waals surface area contributed by atoms with Crippen molar-refractivity contribution in [2.24, 2.45) is 11.7 Å². The summed E-state index contributed by atoms with van der Waals surface area (Å²) < 4.78 is 5.24. The molecule has 0 saturated carbocycles. The summed E-state index contributed by atoms with van der Waals surface area (Å²) >= 11 is 0. The van der Waals surface area contributed by atoms with Gasteiger partial charge in [0.1, 0.15) is 0 Å². The number of ether oxygens (including phenoxy) is 1. The number of hydrogen-bond acceptors (Lipinski definition) is 3. The molecule has 84 valence electrons. The molecule has 5 heteroatoms. The zero-order valence-corrected chi connectivity index (χ0v) is 8.65. The minimum absolute atomic E-state index is 0.0608. The highest BCUT2D eigenvalue weighted by atomic mass is 16.5. The maximum Gasteiger partial charge on any atom is 0.223 e. The summed E-state index contributed by atoms with van der Waals surface area (Å²) in [5, 5.41) is 0. The number of primary amides is 1. The summed E-state index contributed by atoms with van der Waals surface area (Å²) in [6.45, 7) is 1.91. The zero-order valence-electron chi connectivity index (χ0n) is 8.65. The van der Waals surface area contributed by atoms with Gasteiger partial charge in [-0.2, -0.15) is 0 Å². The van der Waals surface area contributed by atoms with E-state index in [4.69, 9.17) is 10.5 Å². The fraction of sp³-hybridized carbons (Fsp3) is 0.800. The van der Waals surface area contributed by atoms with Gasteiger partial charge in [0.25, 0.3) is 0 Å². The van der Waals surface area contributed by atoms with Crippen LogP contribution in [0.15, 0.2) is 0 Å². The van der Waals surface area contributed by atoms with Crippen molar-refractivity contribution in [1.82, 2.24) is 4.90 Å². The van der Waals surface area contributed by atoms with Crippen LogP contribution in [0.25, 0.3) is 0 Å². The van der Waals surface area contributed by atoms with Crippen molar-refractivity contribution in [2.45, 2.75) is 25.3 Å². The molecule has 0 bridgehead atoms. The molecular formula is C10H16N2O3. The van der Waals surface area contributed by atoms with Crippen molar-refractivity contribution in [2.75, 3.05) is 19.8 Å². The Labute approximate surface area is 88.5 Å². The lowest BCUT2D eigenvalue weighted by atomic mass is 10.1. The smallest absolute Gasteiger partial charge is 0.223 e. The Morgan fingerprint density at radius 2 is 2.07 bits per heavy atom. The highest BCUT2D eigenvalue weighted by molar-refractivity contribution is 5.88. The number of rotatable bonds is 2. The number of carbonyl (C=O) groups excluding carboxylic acids is 2. The van der Waals surface area contributed by atoms with E-state index in [1.54, 1.807) is 4.90 Å². The third-order valence-electron chi connectivity index (χ3n) is 3.19. The predicted octanol–water partition coefficient (Wildman–Crippen LogP) is -0.501. The van der Waals surface area contributed by atoms with E-state index in [0.717, 1.165) is 12.8 Å². The molecule has 2 saturated heterocycles. The minimum atomic E-state index is -0.363. The Kier molecular flexibility index (Phi) is 2.90. The summed E-state index contributed by atoms with van der Waals surface area (Å²) in [7, 11) is 0. The van der Waals surface area contributed by atoms with Crippen LogP contribution < -0.4 is 5.73 Å². The molecule has 0 spiro atoms. The van der Waals surface area contributed by atoms with Crippen LogP contribution in [0.5, 0.6) is 0 Å². The number of carbonyl (C=O) groups is 2. The van der Waals surface area contributed by atoms with Gasteiger partial charge in [0.15, 0.2) is 0 Å². The van der Waals surface area contributed by atoms with Crippen LogP contribution >= 0.6 is 0 Å². The molecule has 2 rings (SSSR count). The average molecular weight is 212 g/mol. The van der Waals surface area contributed by atoms with E-state index in [1.165, 1.54) is 0 Å². The summed E-state index contributed by atoms with van der Waals surface area (Å²) in [4.78, 5) is 24.5. The fourth-order valence-electron chi connectivity index (χ4n) is 2.27. The first-order valence-electron chi connectivity index (χ1n) is 5.35. The standard InChI is InChI=1S/C10H16N2O3/c11-10(14)7-5-9(13)12(6-7)8-1-3-15-4-2-8/h7-8H,1-6H2,(H2,11,14). The second-order valence-corrected chi connectivity index (χ2v) is 4.19. The molecule has 2 aliphatic rings. The molecule has 0 aromatic heterocycles. The minimum Gasteiger partial charge on any atom is -0.381 e. The topological polar surface area (TPSA) is 72.6 Å². The lowest BCUT2D eigenvalue weighted by Gasteiger charge is -2.31. The molecule has 5 nitrogen and oxygen atoms in total. The Morgan fingerprint density at radius 1 is 1.40 bits per heavy atom. The molecule has 2 aliphatic heterocycles. The van der Waals surface area contributed by atoms with Crippen molar-refractivity contribution < 1.29 is 14.3 Å². The van der Waals surface area contributed by atoms with Crippen molar-refractivity contribution in [3.63, 3.8) is 0 Å². The largest absolute Gasteiger partial charge is 0.381 e. The molecule has 2 N–H and O–H groups in total. The molecule has 2 amide bonds. The van der Waals surface area contributed by atoms with Gasteiger partial charge in [0.2, 0.25) is 11.8 Å². The summed E-state index contributed by atoms with van der Waals surface area (Å²) in [5.74, 6) is -0.594. The van der Waals surface area contributed by atoms with Gasteiger partial charge >= 0.3 is 0 Å². The Balaban J connectivity index is 1.97. The quantitative estimate of drug-likeness (QED) is 0.670. The van der Waals surface area contributed by atoms with Crippen LogP contribution in [0, 0.1) is 5.92 Å². The van der Waals surface area contributed by atoms with Crippen LogP contribution in [0.4, 0.5) is 0 Å². The van der Waals surface area contributed by atoms with E-state index in [1.807, 2.05) is 0 Å². The molecule has 2 heterocycles. The second kappa shape index (κ2) is 4.18. The SMILES string of the molecule is NC(=O)C1CC(=O)N(C2CCOCC2)C1. The van der Waals surface area contributed by atoms with Crippen LogP contribution in [-0.4, -0.2) is 42.5 Å². The number of hydrogen-bond donors (Lipinski definition) is 1. The van der Waals surface area contributed by atoms with E-state index in [0.29, 0.717) is 19.8 Å². The van der Waals surface area contributed by atoms with E-state index >= 15 is 0 Å². The first-order valence-corrected chi connectivity index (χ1v) is 5.35. The number of likely N-dealkylation sites (tertiary alicyclic amines) is 1. The van der Waals surface area contributed by atoms with Gasteiger partial charge in [-0.15, -0.1) is 0 Å². The molecule has 15 heavy (non-hydrogen) atoms. The van der Waals surface area contributed by atoms with Crippen molar-refractivity contribution in [3.8, 4) is 0 Å². The van der Waals surface area contributed by atoms with Gasteiger partial charge in [0.05, 0.1) is 5.92 Å². The van der Waals surface area contributed by atoms with Gasteiger partial charge in [0, 0.05) is 32.2 Å². The van der Waals surface area contributed by atoms with E-state index in [-0.39, 0.29) is 30.2 Å². The highest BCUT2D eigenvalue weighted by Gasteiger charge is 2.37. The van der Waals surface area contributed by atoms with Gasteiger partial charge < -0.3 is 15.4 Å². The third-order valence-corrected chi connectivity index (χ3v) is 3.19. The lowest BCUT2D eigenvalue weighted by molar-refractivity contribution is -0.131. The Bertz CT molecular complexity index is 274. The fourth-order valence-corrected chi connectivity index (χ4v) is 2.27. The lowest BCUT2D eigenvalue weighted by Crippen LogP contribution is -2.41. The second-order valence-electron chi connectivity index (χ2n) is 4.19. The predicted molar refractivity (Wildman–Crippen MR) is 52.9 cm³/mol. The van der Waals surface area contributed by atoms with Crippen LogP contribution in [0.1, 0.15) is 19.3 Å². The Hall–Kier alpha value is -1.10. The van der Waals surface area contributed by atoms with Gasteiger partial charge in [-0.05, 0) is 12.8 Å². The first-order chi connectivity index (χ1) is 7.18. The van der Waals surface area contributed by atoms with Crippen LogP contribution in [0.2, 0.25) is 0 Å². The number of nitrogens with zero attached hydrogens (tertiary/aromatic N) is 1. The van der Waals surface area contributed by atoms with Crippen LogP contribution in [-0.2, 0) is 14.3 Å². The molecule has 0 aliphatic carbocycles. The summed E-state index contributed by atoms with van der Waals surface area (Å²) in [5.41, 5.74) is 5.21. The number of nitrogens with two attached hydrogens (primary N) is 1. The van der Waals surface area contributed by atoms with E-state index in [9.17, 15) is 9.59 Å². The monoisotopic (exact) mass is 212 g/mol. The molecule has 0 aromatic carbocycles. The molecule has 1 unspecified atom stereocenters. The van der Waals surface area contributed by atoms with Crippen molar-refractivity contribution in [1.29, 1.82) is 0 Å². The summed E-state index contributed by atoms with van der Waals surface area (Å²) in [6, 6.07) is 0.246. The molecule has 0 aromatic rings. The van der Waals surface area contributed by atoms with Crippen LogP contribution in [0.3, 0.4) is 0 Å². The van der Waals surface area contributed by atoms with Crippen molar-refractivity contribution >= 4 is 11.8 Å². The molecular weight excluding hydrogens is 196 g/mol. The maximum absolute atomic E-state index is 11.7. The van der Waals surface area contributed by atoms with Gasteiger partial charge in [-0.25, -0.2) is 0 Å². The van der Waals surface area contributed by atoms with Gasteiger partial charge in [-0.3, -0.25) is 9.59 Å². The number of amides is 2. The highest BCUT2D eigenvalue weighted by Crippen LogP contribution is 2.24. The molecule has 2 fully saturated rings. The summed E-state index contributed by atoms with van der Waals surface area (Å²) in [6.07, 6.45) is 2.03. The Morgan fingerprint density at radius 3 is 2.60 bits per heavy atom. The normalized spacial score (nSPS) is 28.4. The average Bonchev–Trinajstić information content (AvgIpc) is 2.62. The maximum atomic E-state index is 11.7. The zero-order chi connectivity index (χ0) is 10.8.